The van der Waals surface area contributed by atoms with Crippen molar-refractivity contribution in [2.24, 2.45) is 109 Å². The minimum atomic E-state index is -0.300. The van der Waals surface area contributed by atoms with E-state index in [0.29, 0.717) is 40.9 Å². The molecule has 18 atom stereocenters. The number of carbonyl (C=O) groups excluding carboxylic acids is 1. The van der Waals surface area contributed by atoms with Crippen molar-refractivity contribution in [3.8, 4) is 0 Å². The molecule has 9 aliphatic rings. The summed E-state index contributed by atoms with van der Waals surface area (Å²) in [6.07, 6.45) is 28.8. The number of hydrogen-bond acceptors (Lipinski definition) is 3. The van der Waals surface area contributed by atoms with Crippen molar-refractivity contribution in [3.05, 3.63) is 11.6 Å². The fraction of sp³-hybridized carbons (Fsp3) is 0.947. The van der Waals surface area contributed by atoms with Gasteiger partial charge in [-0.05, 0) is 213 Å². The Kier molecular flexibility index (Phi) is 11.2. The number of esters is 1. The van der Waals surface area contributed by atoms with E-state index in [1.807, 2.05) is 0 Å². The van der Waals surface area contributed by atoms with E-state index in [9.17, 15) is 5.11 Å². The molecule has 0 spiro atoms. The summed E-state index contributed by atoms with van der Waals surface area (Å²) in [6, 6.07) is 0. The molecule has 9 rings (SSSR count). The SMILES string of the molecule is CC(C)CCC[C@@H](C)[C@H]1CC[C@H]2[C@@H]3CC=C4C[C@H](OC(=O)[C@]56CC[C@@H](C(C)C)C5[C@H]5CC[C@@H]7[C@@]8(C)CC[C@H](O)C(C)(C)C8CC[C@@]7(C)[C@]5(C)CC6)CC[C@]4(C)[C@H]3CC[C@]12C. The molecule has 0 aromatic heterocycles. The maximum atomic E-state index is 15.3. The molecule has 0 heterocycles. The van der Waals surface area contributed by atoms with Crippen LogP contribution in [0.25, 0.3) is 0 Å². The van der Waals surface area contributed by atoms with E-state index in [1.54, 1.807) is 5.57 Å². The molecule has 1 N–H and O–H groups in total. The van der Waals surface area contributed by atoms with Gasteiger partial charge >= 0.3 is 5.97 Å². The lowest BCUT2D eigenvalue weighted by atomic mass is 9.32. The van der Waals surface area contributed by atoms with E-state index in [-0.39, 0.29) is 50.7 Å². The largest absolute Gasteiger partial charge is 0.462 e. The molecule has 0 aromatic carbocycles. The molecule has 60 heavy (non-hydrogen) atoms. The summed E-state index contributed by atoms with van der Waals surface area (Å²) in [6.45, 7) is 30.6. The maximum Gasteiger partial charge on any atom is 0.312 e. The van der Waals surface area contributed by atoms with E-state index in [1.165, 1.54) is 103 Å². The van der Waals surface area contributed by atoms with Crippen molar-refractivity contribution in [3.63, 3.8) is 0 Å². The van der Waals surface area contributed by atoms with Gasteiger partial charge in [0.15, 0.2) is 0 Å². The van der Waals surface area contributed by atoms with Crippen LogP contribution < -0.4 is 0 Å². The van der Waals surface area contributed by atoms with E-state index >= 15 is 4.79 Å². The third-order valence-corrected chi connectivity index (χ3v) is 24.3. The molecule has 0 saturated heterocycles. The highest BCUT2D eigenvalue weighted by Gasteiger charge is 2.72. The molecule has 2 unspecified atom stereocenters. The predicted molar refractivity (Wildman–Crippen MR) is 248 cm³/mol. The van der Waals surface area contributed by atoms with Gasteiger partial charge in [-0.2, -0.15) is 0 Å². The summed E-state index contributed by atoms with van der Waals surface area (Å²) in [5.41, 5.74) is 2.97. The average Bonchev–Trinajstić information content (AvgIpc) is 3.76. The van der Waals surface area contributed by atoms with Crippen LogP contribution in [-0.2, 0) is 9.53 Å². The molecule has 8 saturated carbocycles. The van der Waals surface area contributed by atoms with E-state index in [2.05, 4.69) is 89.2 Å². The number of ether oxygens (including phenoxy) is 1. The third kappa shape index (κ3) is 6.23. The summed E-state index contributed by atoms with van der Waals surface area (Å²) >= 11 is 0. The highest BCUT2D eigenvalue weighted by Crippen LogP contribution is 2.78. The topological polar surface area (TPSA) is 46.5 Å². The number of fused-ring (bicyclic) bond motifs is 12. The number of aliphatic hydroxyl groups is 1. The first-order chi connectivity index (χ1) is 28.2. The van der Waals surface area contributed by atoms with Crippen molar-refractivity contribution in [2.75, 3.05) is 0 Å². The van der Waals surface area contributed by atoms with E-state index < -0.39 is 0 Å². The smallest absolute Gasteiger partial charge is 0.312 e. The minimum absolute atomic E-state index is 0.0136. The summed E-state index contributed by atoms with van der Waals surface area (Å²) < 4.78 is 7.03. The van der Waals surface area contributed by atoms with Gasteiger partial charge in [-0.25, -0.2) is 0 Å². The monoisotopic (exact) mass is 827 g/mol. The highest BCUT2D eigenvalue weighted by molar-refractivity contribution is 5.78. The van der Waals surface area contributed by atoms with Gasteiger partial charge in [0.1, 0.15) is 6.10 Å². The van der Waals surface area contributed by atoms with Crippen molar-refractivity contribution < 1.29 is 14.6 Å². The molecule has 3 heteroatoms. The minimum Gasteiger partial charge on any atom is -0.462 e. The van der Waals surface area contributed by atoms with Crippen LogP contribution in [0.4, 0.5) is 0 Å². The lowest BCUT2D eigenvalue weighted by molar-refractivity contribution is -0.250. The maximum absolute atomic E-state index is 15.3. The van der Waals surface area contributed by atoms with Crippen LogP contribution in [-0.4, -0.2) is 23.3 Å². The summed E-state index contributed by atoms with van der Waals surface area (Å²) in [5, 5.41) is 11.2. The lowest BCUT2D eigenvalue weighted by Gasteiger charge is -2.72. The second-order valence-corrected chi connectivity index (χ2v) is 27.2. The van der Waals surface area contributed by atoms with Crippen LogP contribution in [0, 0.1) is 109 Å². The molecule has 0 aliphatic heterocycles. The number of rotatable bonds is 8. The summed E-state index contributed by atoms with van der Waals surface area (Å²) in [7, 11) is 0. The Morgan fingerprint density at radius 1 is 0.700 bits per heavy atom. The van der Waals surface area contributed by atoms with Gasteiger partial charge in [-0.15, -0.1) is 0 Å². The van der Waals surface area contributed by atoms with Crippen LogP contribution in [0.3, 0.4) is 0 Å². The van der Waals surface area contributed by atoms with Crippen LogP contribution in [0.2, 0.25) is 0 Å². The van der Waals surface area contributed by atoms with Gasteiger partial charge in [0.25, 0.3) is 0 Å². The Labute approximate surface area is 370 Å². The van der Waals surface area contributed by atoms with Crippen molar-refractivity contribution in [1.29, 1.82) is 0 Å². The molecule has 9 aliphatic carbocycles. The zero-order valence-corrected chi connectivity index (χ0v) is 41.3. The first-order valence-electron chi connectivity index (χ1n) is 26.8. The Bertz CT molecular complexity index is 1660. The second-order valence-electron chi connectivity index (χ2n) is 27.2. The van der Waals surface area contributed by atoms with Crippen LogP contribution in [0.1, 0.15) is 218 Å². The van der Waals surface area contributed by atoms with Gasteiger partial charge in [-0.3, -0.25) is 4.79 Å². The molecule has 8 fully saturated rings. The molecular formula is C57H94O3. The third-order valence-electron chi connectivity index (χ3n) is 24.3. The summed E-state index contributed by atoms with van der Waals surface area (Å²) in [4.78, 5) is 15.3. The molecule has 0 radical (unpaired) electrons. The number of carbonyl (C=O) groups is 1. The fourth-order valence-electron chi connectivity index (χ4n) is 20.8. The molecule has 340 valence electrons. The highest BCUT2D eigenvalue weighted by atomic mass is 16.5. The normalized spacial score (nSPS) is 52.2. The molecule has 0 amide bonds. The fourth-order valence-corrected chi connectivity index (χ4v) is 20.8. The zero-order valence-electron chi connectivity index (χ0n) is 41.3. The Morgan fingerprint density at radius 3 is 2.17 bits per heavy atom. The van der Waals surface area contributed by atoms with Crippen LogP contribution in [0.5, 0.6) is 0 Å². The van der Waals surface area contributed by atoms with E-state index in [0.717, 1.165) is 67.6 Å². The van der Waals surface area contributed by atoms with Crippen molar-refractivity contribution >= 4 is 5.97 Å². The van der Waals surface area contributed by atoms with Gasteiger partial charge < -0.3 is 9.84 Å². The van der Waals surface area contributed by atoms with Gasteiger partial charge in [-0.1, -0.05) is 114 Å². The first kappa shape index (κ1) is 44.4. The Morgan fingerprint density at radius 2 is 1.43 bits per heavy atom. The van der Waals surface area contributed by atoms with Crippen LogP contribution >= 0.6 is 0 Å². The second kappa shape index (κ2) is 15.1. The van der Waals surface area contributed by atoms with Gasteiger partial charge in [0, 0.05) is 6.42 Å². The summed E-state index contributed by atoms with van der Waals surface area (Å²) in [5.74, 6) is 8.91. The molecule has 0 bridgehead atoms. The van der Waals surface area contributed by atoms with Crippen molar-refractivity contribution in [1.82, 2.24) is 0 Å². The molecule has 3 nitrogen and oxygen atoms in total. The van der Waals surface area contributed by atoms with Crippen molar-refractivity contribution in [2.45, 2.75) is 230 Å². The first-order valence-corrected chi connectivity index (χ1v) is 26.8. The molecular weight excluding hydrogens is 733 g/mol. The average molecular weight is 827 g/mol. The number of hydrogen-bond donors (Lipinski definition) is 1. The lowest BCUT2D eigenvalue weighted by Crippen LogP contribution is -2.67. The van der Waals surface area contributed by atoms with Gasteiger partial charge in [0.2, 0.25) is 0 Å². The van der Waals surface area contributed by atoms with Gasteiger partial charge in [0.05, 0.1) is 11.5 Å². The Hall–Kier alpha value is -0.830. The zero-order chi connectivity index (χ0) is 43.0. The molecule has 0 aromatic rings. The number of aliphatic hydroxyl groups excluding tert-OH is 1. The predicted octanol–water partition coefficient (Wildman–Crippen LogP) is 15.0. The standard InChI is InChI=1S/C57H94O3/c1-35(2)14-13-15-37(5)42-18-19-43-41-17-16-38-34-39(22-27-52(38,8)44(41)24-28-53(42,43)9)60-50(59)57-31-23-40(36(3)4)49(57)45-20-21-47-54(10)29-26-48(58)51(6,7)46(54)25-30-56(47,12)55(45,11)32-33-57/h16,35-37,39-49,58H,13-15,17-34H2,1-12H3/t37-,39-,40+,41+,42-,43+,44+,45-,46?,47-,48+,49?,52+,53-,54+,55-,56-,57+/m1/s1. The quantitative estimate of drug-likeness (QED) is 0.196. The number of allylic oxidation sites excluding steroid dienone is 1. The Balaban J connectivity index is 0.910. The van der Waals surface area contributed by atoms with E-state index in [4.69, 9.17) is 4.74 Å². The van der Waals surface area contributed by atoms with Crippen LogP contribution in [0.15, 0.2) is 11.6 Å².